The molecule has 1 aromatic carbocycles. The Balaban J connectivity index is 1.38. The first-order chi connectivity index (χ1) is 16.7. The molecule has 0 unspecified atom stereocenters. The molecule has 3 rings (SSSR count). The van der Waals surface area contributed by atoms with Gasteiger partial charge >= 0.3 is 5.97 Å². The van der Waals surface area contributed by atoms with Crippen molar-refractivity contribution in [1.29, 1.82) is 0 Å². The fourth-order valence-electron chi connectivity index (χ4n) is 5.12. The van der Waals surface area contributed by atoms with Gasteiger partial charge in [0.2, 0.25) is 0 Å². The Hall–Kier alpha value is -2.16. The number of unbranched alkanes of at least 4 members (excludes halogenated alkanes) is 7. The number of esters is 1. The minimum atomic E-state index is -0.0553. The molecule has 0 spiro atoms. The van der Waals surface area contributed by atoms with Gasteiger partial charge in [-0.2, -0.15) is 0 Å². The fourth-order valence-corrected chi connectivity index (χ4v) is 5.12. The lowest BCUT2D eigenvalue weighted by molar-refractivity contribution is -0.140. The van der Waals surface area contributed by atoms with Gasteiger partial charge in [0.05, 0.1) is 11.6 Å². The molecule has 0 bridgehead atoms. The van der Waals surface area contributed by atoms with Gasteiger partial charge in [-0.1, -0.05) is 77.7 Å². The number of carbonyl (C=O) groups excluding carboxylic acids is 1. The van der Waals surface area contributed by atoms with Gasteiger partial charge in [-0.15, -0.1) is 0 Å². The molecule has 1 fully saturated rings. The summed E-state index contributed by atoms with van der Waals surface area (Å²) in [4.78, 5) is 17.3. The molecule has 3 nitrogen and oxygen atoms in total. The Morgan fingerprint density at radius 2 is 1.50 bits per heavy atom. The molecule has 0 amide bonds. The zero-order valence-corrected chi connectivity index (χ0v) is 21.6. The van der Waals surface area contributed by atoms with Gasteiger partial charge in [-0.25, -0.2) is 0 Å². The van der Waals surface area contributed by atoms with Crippen LogP contribution < -0.4 is 4.74 Å². The van der Waals surface area contributed by atoms with Crippen molar-refractivity contribution in [3.8, 4) is 17.0 Å². The summed E-state index contributed by atoms with van der Waals surface area (Å²) in [6.07, 6.45) is 20.6. The molecule has 1 aliphatic rings. The van der Waals surface area contributed by atoms with E-state index in [4.69, 9.17) is 4.74 Å². The quantitative estimate of drug-likeness (QED) is 0.159. The zero-order chi connectivity index (χ0) is 24.0. The van der Waals surface area contributed by atoms with E-state index in [-0.39, 0.29) is 11.9 Å². The molecule has 0 atom stereocenters. The number of aromatic nitrogens is 1. The number of pyridine rings is 1. The van der Waals surface area contributed by atoms with Gasteiger partial charge < -0.3 is 4.74 Å². The van der Waals surface area contributed by atoms with Crippen LogP contribution in [0.15, 0.2) is 42.6 Å². The van der Waals surface area contributed by atoms with E-state index in [1.165, 1.54) is 82.6 Å². The van der Waals surface area contributed by atoms with Gasteiger partial charge in [0.15, 0.2) is 0 Å². The molecule has 34 heavy (non-hydrogen) atoms. The number of benzene rings is 1. The van der Waals surface area contributed by atoms with Crippen molar-refractivity contribution in [1.82, 2.24) is 4.98 Å². The van der Waals surface area contributed by atoms with Gasteiger partial charge in [0.1, 0.15) is 5.75 Å². The molecular weight excluding hydrogens is 418 g/mol. The smallest absolute Gasteiger partial charge is 0.314 e. The Labute approximate surface area is 207 Å². The molecule has 1 aliphatic carbocycles. The maximum atomic E-state index is 12.7. The number of ether oxygens (including phenoxy) is 1. The lowest BCUT2D eigenvalue weighted by Crippen LogP contribution is -2.25. The van der Waals surface area contributed by atoms with Crippen molar-refractivity contribution in [2.45, 2.75) is 110 Å². The van der Waals surface area contributed by atoms with Crippen LogP contribution in [0.2, 0.25) is 0 Å². The van der Waals surface area contributed by atoms with Crippen molar-refractivity contribution in [3.05, 3.63) is 48.2 Å². The van der Waals surface area contributed by atoms with E-state index >= 15 is 0 Å². The second kappa shape index (κ2) is 15.0. The van der Waals surface area contributed by atoms with Gasteiger partial charge in [-0.3, -0.25) is 9.78 Å². The fraction of sp³-hybridized carbons (Fsp3) is 0.613. The predicted octanol–water partition coefficient (Wildman–Crippen LogP) is 8.94. The molecule has 2 aromatic rings. The first-order valence-corrected chi connectivity index (χ1v) is 14.0. The molecule has 0 aliphatic heterocycles. The number of aryl methyl sites for hydroxylation is 1. The van der Waals surface area contributed by atoms with Crippen LogP contribution in [0.25, 0.3) is 11.3 Å². The van der Waals surface area contributed by atoms with Crippen LogP contribution in [0, 0.1) is 11.8 Å². The maximum Gasteiger partial charge on any atom is 0.314 e. The second-order valence-corrected chi connectivity index (χ2v) is 10.2. The van der Waals surface area contributed by atoms with Crippen molar-refractivity contribution in [2.75, 3.05) is 0 Å². The summed E-state index contributed by atoms with van der Waals surface area (Å²) in [7, 11) is 0. The van der Waals surface area contributed by atoms with Crippen LogP contribution in [-0.2, 0) is 11.2 Å². The molecule has 0 saturated heterocycles. The Morgan fingerprint density at radius 3 is 2.18 bits per heavy atom. The SMILES string of the molecule is CCCCCCCC[C@H]1CC[C@H](C(=O)Oc2ccc(-c3ccc(CCCCC)cn3)cc2)CC1. The van der Waals surface area contributed by atoms with E-state index in [0.717, 1.165) is 36.4 Å². The molecule has 0 radical (unpaired) electrons. The van der Waals surface area contributed by atoms with Crippen molar-refractivity contribution >= 4 is 5.97 Å². The molecule has 1 saturated carbocycles. The lowest BCUT2D eigenvalue weighted by atomic mass is 9.80. The third kappa shape index (κ3) is 8.89. The highest BCUT2D eigenvalue weighted by Crippen LogP contribution is 2.33. The molecule has 3 heteroatoms. The third-order valence-corrected chi connectivity index (χ3v) is 7.41. The molecular formula is C31H45NO2. The molecule has 1 aromatic heterocycles. The van der Waals surface area contributed by atoms with Crippen molar-refractivity contribution in [2.24, 2.45) is 11.8 Å². The zero-order valence-electron chi connectivity index (χ0n) is 21.6. The van der Waals surface area contributed by atoms with Gasteiger partial charge in [0.25, 0.3) is 0 Å². The highest BCUT2D eigenvalue weighted by molar-refractivity contribution is 5.75. The summed E-state index contributed by atoms with van der Waals surface area (Å²) >= 11 is 0. The van der Waals surface area contributed by atoms with Gasteiger partial charge in [0, 0.05) is 11.8 Å². The van der Waals surface area contributed by atoms with E-state index in [1.54, 1.807) is 0 Å². The Bertz CT molecular complexity index is 820. The first kappa shape index (κ1) is 26.4. The normalized spacial score (nSPS) is 18.1. The Kier molecular flexibility index (Phi) is 11.6. The van der Waals surface area contributed by atoms with Crippen LogP contribution >= 0.6 is 0 Å². The molecule has 1 heterocycles. The standard InChI is InChI=1S/C31H45NO2/c1-3-5-7-8-9-11-12-25-14-17-28(18-15-25)31(33)34-29-21-19-27(20-22-29)30-23-16-26(24-32-30)13-10-6-4-2/h16,19-25,28H,3-15,17-18H2,1-2H3/t25-,28-. The third-order valence-electron chi connectivity index (χ3n) is 7.41. The van der Waals surface area contributed by atoms with E-state index in [1.807, 2.05) is 30.5 Å². The predicted molar refractivity (Wildman–Crippen MR) is 142 cm³/mol. The molecule has 186 valence electrons. The average molecular weight is 464 g/mol. The summed E-state index contributed by atoms with van der Waals surface area (Å²) in [5.41, 5.74) is 3.31. The number of hydrogen-bond acceptors (Lipinski definition) is 3. The summed E-state index contributed by atoms with van der Waals surface area (Å²) in [6.45, 7) is 4.50. The topological polar surface area (TPSA) is 39.2 Å². The van der Waals surface area contributed by atoms with Crippen LogP contribution in [0.1, 0.15) is 109 Å². The minimum absolute atomic E-state index is 0.0553. The Morgan fingerprint density at radius 1 is 0.824 bits per heavy atom. The van der Waals surface area contributed by atoms with Crippen LogP contribution in [0.4, 0.5) is 0 Å². The summed E-state index contributed by atoms with van der Waals surface area (Å²) in [5.74, 6) is 1.45. The average Bonchev–Trinajstić information content (AvgIpc) is 2.87. The lowest BCUT2D eigenvalue weighted by Gasteiger charge is -2.27. The number of carbonyl (C=O) groups is 1. The first-order valence-electron chi connectivity index (χ1n) is 14.0. The van der Waals surface area contributed by atoms with Gasteiger partial charge in [-0.05, 0) is 80.3 Å². The van der Waals surface area contributed by atoms with Crippen LogP contribution in [-0.4, -0.2) is 11.0 Å². The highest BCUT2D eigenvalue weighted by atomic mass is 16.5. The minimum Gasteiger partial charge on any atom is -0.426 e. The summed E-state index contributed by atoms with van der Waals surface area (Å²) in [6, 6.07) is 12.1. The van der Waals surface area contributed by atoms with Crippen molar-refractivity contribution < 1.29 is 9.53 Å². The highest BCUT2D eigenvalue weighted by Gasteiger charge is 2.27. The number of rotatable bonds is 14. The summed E-state index contributed by atoms with van der Waals surface area (Å²) in [5, 5.41) is 0. The monoisotopic (exact) mass is 463 g/mol. The number of nitrogens with zero attached hydrogens (tertiary/aromatic N) is 1. The molecule has 0 N–H and O–H groups in total. The van der Waals surface area contributed by atoms with E-state index in [0.29, 0.717) is 5.75 Å². The van der Waals surface area contributed by atoms with E-state index in [9.17, 15) is 4.79 Å². The van der Waals surface area contributed by atoms with E-state index in [2.05, 4.69) is 31.0 Å². The largest absolute Gasteiger partial charge is 0.426 e. The summed E-state index contributed by atoms with van der Waals surface area (Å²) < 4.78 is 5.73. The van der Waals surface area contributed by atoms with E-state index < -0.39 is 0 Å². The second-order valence-electron chi connectivity index (χ2n) is 10.2. The van der Waals surface area contributed by atoms with Crippen LogP contribution in [0.3, 0.4) is 0 Å². The van der Waals surface area contributed by atoms with Crippen molar-refractivity contribution in [3.63, 3.8) is 0 Å². The maximum absolute atomic E-state index is 12.7. The number of hydrogen-bond donors (Lipinski definition) is 0. The van der Waals surface area contributed by atoms with Crippen LogP contribution in [0.5, 0.6) is 5.75 Å².